The van der Waals surface area contributed by atoms with Crippen molar-refractivity contribution in [1.82, 2.24) is 0 Å². The third-order valence-corrected chi connectivity index (χ3v) is 12.7. The molecule has 0 aliphatic rings. The molecule has 0 aromatic rings. The molecule has 0 aromatic carbocycles. The Kier molecular flexibility index (Phi) is 57.4. The smallest absolute Gasteiger partial charge is 0.306 e. The van der Waals surface area contributed by atoms with Crippen molar-refractivity contribution in [3.05, 3.63) is 109 Å². The summed E-state index contributed by atoms with van der Waals surface area (Å²) in [4.78, 5) is 38.3. The number of carbonyl (C=O) groups excluding carboxylic acids is 3. The third-order valence-electron chi connectivity index (χ3n) is 12.7. The van der Waals surface area contributed by atoms with Crippen LogP contribution in [0.25, 0.3) is 0 Å². The van der Waals surface area contributed by atoms with E-state index >= 15 is 0 Å². The number of esters is 3. The summed E-state index contributed by atoms with van der Waals surface area (Å²) in [5, 5.41) is 0. The van der Waals surface area contributed by atoms with Gasteiger partial charge < -0.3 is 14.2 Å². The number of ether oxygens (including phenoxy) is 3. The van der Waals surface area contributed by atoms with Crippen LogP contribution in [0, 0.1) is 0 Å². The summed E-state index contributed by atoms with van der Waals surface area (Å²) in [6.07, 6.45) is 82.2. The Balaban J connectivity index is 4.47. The van der Waals surface area contributed by atoms with Crippen molar-refractivity contribution in [3.63, 3.8) is 0 Å². The highest BCUT2D eigenvalue weighted by molar-refractivity contribution is 5.71. The Morgan fingerprint density at radius 2 is 0.534 bits per heavy atom. The van der Waals surface area contributed by atoms with E-state index in [0.29, 0.717) is 19.3 Å². The zero-order valence-corrected chi connectivity index (χ0v) is 47.6. The van der Waals surface area contributed by atoms with Gasteiger partial charge in [0.05, 0.1) is 0 Å². The average Bonchev–Trinajstić information content (AvgIpc) is 3.39. The van der Waals surface area contributed by atoms with Gasteiger partial charge in [-0.3, -0.25) is 14.4 Å². The summed E-state index contributed by atoms with van der Waals surface area (Å²) >= 11 is 0. The minimum absolute atomic E-state index is 0.0956. The van der Waals surface area contributed by atoms with E-state index in [4.69, 9.17) is 14.2 Å². The van der Waals surface area contributed by atoms with Gasteiger partial charge in [0.25, 0.3) is 0 Å². The summed E-state index contributed by atoms with van der Waals surface area (Å²) in [5.41, 5.74) is 0. The van der Waals surface area contributed by atoms with E-state index in [1.807, 2.05) is 0 Å². The fourth-order valence-electron chi connectivity index (χ4n) is 8.18. The number of unbranched alkanes of at least 4 members (excludes halogenated alkanes) is 25. The van der Waals surface area contributed by atoms with E-state index < -0.39 is 6.10 Å². The van der Waals surface area contributed by atoms with Gasteiger partial charge in [-0.25, -0.2) is 0 Å². The van der Waals surface area contributed by atoms with E-state index in [-0.39, 0.29) is 31.1 Å². The van der Waals surface area contributed by atoms with Crippen LogP contribution in [0.4, 0.5) is 0 Å². The monoisotopic (exact) mass is 1010 g/mol. The SMILES string of the molecule is CC/C=C\C/C=C\C/C=C\C/C=C\C/C=C\CCCCCC(=O)OCC(COC(=O)CCCCCCCCC/C=C\C/C=C\CCCCC)OC(=O)CCCCCCCCCCC/C=C\C/C=C\CCCCC. The maximum Gasteiger partial charge on any atom is 0.306 e. The molecule has 73 heavy (non-hydrogen) atoms. The van der Waals surface area contributed by atoms with Gasteiger partial charge in [-0.15, -0.1) is 0 Å². The van der Waals surface area contributed by atoms with Crippen LogP contribution < -0.4 is 0 Å². The van der Waals surface area contributed by atoms with Crippen LogP contribution in [0.1, 0.15) is 278 Å². The second-order valence-electron chi connectivity index (χ2n) is 19.9. The lowest BCUT2D eigenvalue weighted by Gasteiger charge is -2.18. The molecule has 0 heterocycles. The third kappa shape index (κ3) is 58.8. The number of rotatable bonds is 54. The van der Waals surface area contributed by atoms with Crippen molar-refractivity contribution in [2.75, 3.05) is 13.2 Å². The van der Waals surface area contributed by atoms with Crippen molar-refractivity contribution in [2.24, 2.45) is 0 Å². The van der Waals surface area contributed by atoms with Crippen LogP contribution in [0.15, 0.2) is 109 Å². The predicted octanol–water partition coefficient (Wildman–Crippen LogP) is 20.7. The Labute approximate surface area is 450 Å². The van der Waals surface area contributed by atoms with Gasteiger partial charge in [-0.05, 0) is 128 Å². The highest BCUT2D eigenvalue weighted by Gasteiger charge is 2.19. The first-order valence-corrected chi connectivity index (χ1v) is 30.4. The summed E-state index contributed by atoms with van der Waals surface area (Å²) in [5.74, 6) is -0.936. The zero-order chi connectivity index (χ0) is 52.9. The van der Waals surface area contributed by atoms with Crippen LogP contribution in [0.3, 0.4) is 0 Å². The normalized spacial score (nSPS) is 12.9. The minimum Gasteiger partial charge on any atom is -0.462 e. The molecule has 0 fully saturated rings. The first-order valence-electron chi connectivity index (χ1n) is 30.4. The molecule has 416 valence electrons. The molecular formula is C67H112O6. The first-order chi connectivity index (χ1) is 36.0. The van der Waals surface area contributed by atoms with Gasteiger partial charge in [0.15, 0.2) is 6.10 Å². The van der Waals surface area contributed by atoms with Crippen molar-refractivity contribution >= 4 is 17.9 Å². The van der Waals surface area contributed by atoms with Gasteiger partial charge in [0, 0.05) is 19.3 Å². The van der Waals surface area contributed by atoms with Gasteiger partial charge in [0.1, 0.15) is 13.2 Å². The fourth-order valence-corrected chi connectivity index (χ4v) is 8.18. The van der Waals surface area contributed by atoms with Crippen molar-refractivity contribution in [1.29, 1.82) is 0 Å². The van der Waals surface area contributed by atoms with Gasteiger partial charge in [-0.2, -0.15) is 0 Å². The summed E-state index contributed by atoms with van der Waals surface area (Å²) < 4.78 is 16.9. The molecule has 1 atom stereocenters. The van der Waals surface area contributed by atoms with Gasteiger partial charge in [-0.1, -0.05) is 239 Å². The molecule has 0 bridgehead atoms. The van der Waals surface area contributed by atoms with E-state index in [1.165, 1.54) is 122 Å². The largest absolute Gasteiger partial charge is 0.462 e. The van der Waals surface area contributed by atoms with Crippen LogP contribution in [0.2, 0.25) is 0 Å². The predicted molar refractivity (Wildman–Crippen MR) is 316 cm³/mol. The van der Waals surface area contributed by atoms with Crippen LogP contribution in [0.5, 0.6) is 0 Å². The number of carbonyl (C=O) groups is 3. The van der Waals surface area contributed by atoms with E-state index in [2.05, 4.69) is 130 Å². The lowest BCUT2D eigenvalue weighted by molar-refractivity contribution is -0.167. The Morgan fingerprint density at radius 3 is 0.849 bits per heavy atom. The number of hydrogen-bond donors (Lipinski definition) is 0. The van der Waals surface area contributed by atoms with Gasteiger partial charge in [0.2, 0.25) is 0 Å². The molecule has 0 spiro atoms. The molecule has 0 aliphatic heterocycles. The molecule has 0 aromatic heterocycles. The Bertz CT molecular complexity index is 1490. The molecule has 6 nitrogen and oxygen atoms in total. The second-order valence-corrected chi connectivity index (χ2v) is 19.9. The number of allylic oxidation sites excluding steroid dienone is 18. The van der Waals surface area contributed by atoms with E-state index in [1.54, 1.807) is 0 Å². The molecule has 0 rings (SSSR count). The highest BCUT2D eigenvalue weighted by Crippen LogP contribution is 2.15. The molecule has 1 unspecified atom stereocenters. The van der Waals surface area contributed by atoms with Crippen LogP contribution in [-0.4, -0.2) is 37.2 Å². The van der Waals surface area contributed by atoms with Crippen molar-refractivity contribution in [3.8, 4) is 0 Å². The topological polar surface area (TPSA) is 78.9 Å². The molecular weight excluding hydrogens is 901 g/mol. The molecule has 0 saturated carbocycles. The quantitative estimate of drug-likeness (QED) is 0.0261. The maximum absolute atomic E-state index is 12.9. The molecule has 0 saturated heterocycles. The molecule has 0 amide bonds. The van der Waals surface area contributed by atoms with Gasteiger partial charge >= 0.3 is 17.9 Å². The zero-order valence-electron chi connectivity index (χ0n) is 47.6. The summed E-state index contributed by atoms with van der Waals surface area (Å²) in [6.45, 7) is 6.45. The lowest BCUT2D eigenvalue weighted by atomic mass is 10.1. The summed E-state index contributed by atoms with van der Waals surface area (Å²) in [6, 6.07) is 0. The number of hydrogen-bond acceptors (Lipinski definition) is 6. The molecule has 6 heteroatoms. The van der Waals surface area contributed by atoms with E-state index in [0.717, 1.165) is 116 Å². The lowest BCUT2D eigenvalue weighted by Crippen LogP contribution is -2.30. The highest BCUT2D eigenvalue weighted by atomic mass is 16.6. The molecule has 0 N–H and O–H groups in total. The van der Waals surface area contributed by atoms with Crippen LogP contribution in [-0.2, 0) is 28.6 Å². The Hall–Kier alpha value is -3.93. The second kappa shape index (κ2) is 60.6. The van der Waals surface area contributed by atoms with Crippen molar-refractivity contribution in [2.45, 2.75) is 284 Å². The maximum atomic E-state index is 12.9. The van der Waals surface area contributed by atoms with Crippen LogP contribution >= 0.6 is 0 Å². The Morgan fingerprint density at radius 1 is 0.288 bits per heavy atom. The average molecular weight is 1010 g/mol. The summed E-state index contributed by atoms with van der Waals surface area (Å²) in [7, 11) is 0. The van der Waals surface area contributed by atoms with E-state index in [9.17, 15) is 14.4 Å². The fraction of sp³-hybridized carbons (Fsp3) is 0.687. The standard InChI is InChI=1S/C67H112O6/c1-4-7-10-13-16-19-22-25-28-31-33-36-39-42-45-48-51-54-57-60-66(69)72-63-64(62-71-65(68)59-56-53-50-47-44-41-38-35-30-27-24-21-18-15-12-9-6-3)73-67(70)61-58-55-52-49-46-43-40-37-34-32-29-26-23-20-17-14-11-8-5-2/h7,10,16-21,25-30,33,36,42,45,64H,4-6,8-9,11-15,22-24,31-32,34-35,37-41,43-44,46-63H2,1-3H3/b10-7-,19-16-,20-17-,21-18-,28-25-,29-26-,30-27-,36-33-,45-42-. The molecule has 0 aliphatic carbocycles. The molecule has 0 radical (unpaired) electrons. The minimum atomic E-state index is -0.801. The van der Waals surface area contributed by atoms with Crippen molar-refractivity contribution < 1.29 is 28.6 Å². The first kappa shape index (κ1) is 69.1.